The SMILES string of the molecule is Nc1ncnc2c1ncn2[C@@H]1O[C@H](CO)[C@@H](O)[C@H]1OC(=O)CCC(=O)O. The lowest BCUT2D eigenvalue weighted by atomic mass is 10.1. The number of carbonyl (C=O) groups excluding carboxylic acids is 1. The van der Waals surface area contributed by atoms with E-state index in [1.165, 1.54) is 17.2 Å². The molecule has 4 atom stereocenters. The molecule has 12 heteroatoms. The maximum Gasteiger partial charge on any atom is 0.306 e. The van der Waals surface area contributed by atoms with Crippen LogP contribution >= 0.6 is 0 Å². The van der Waals surface area contributed by atoms with Gasteiger partial charge in [0.2, 0.25) is 0 Å². The van der Waals surface area contributed by atoms with Crippen LogP contribution in [0.1, 0.15) is 19.1 Å². The number of hydrogen-bond donors (Lipinski definition) is 4. The molecule has 0 spiro atoms. The minimum atomic E-state index is -1.32. The average Bonchev–Trinajstić information content (AvgIpc) is 3.16. The van der Waals surface area contributed by atoms with Crippen LogP contribution in [0.4, 0.5) is 5.82 Å². The van der Waals surface area contributed by atoms with Gasteiger partial charge in [0.05, 0.1) is 25.8 Å². The van der Waals surface area contributed by atoms with Crippen LogP contribution in [0.15, 0.2) is 12.7 Å². The van der Waals surface area contributed by atoms with E-state index in [1.54, 1.807) is 0 Å². The number of carbonyl (C=O) groups is 2. The molecular weight excluding hydrogens is 350 g/mol. The zero-order chi connectivity index (χ0) is 18.8. The number of rotatable bonds is 6. The standard InChI is InChI=1S/C14H17N5O7/c15-12-9-13(17-4-16-12)19(5-18-9)14-11(10(24)6(3-20)25-14)26-8(23)2-1-7(21)22/h4-6,10-11,14,20,24H,1-3H2,(H,21,22)(H2,15,16,17)/t6-,10-,11-,14-/m1/s1. The van der Waals surface area contributed by atoms with Gasteiger partial charge in [-0.1, -0.05) is 0 Å². The van der Waals surface area contributed by atoms with Gasteiger partial charge < -0.3 is 30.5 Å². The van der Waals surface area contributed by atoms with Crippen LogP contribution in [0.5, 0.6) is 0 Å². The van der Waals surface area contributed by atoms with Crippen molar-refractivity contribution in [2.75, 3.05) is 12.3 Å². The number of esters is 1. The Morgan fingerprint density at radius 3 is 2.77 bits per heavy atom. The molecule has 26 heavy (non-hydrogen) atoms. The van der Waals surface area contributed by atoms with E-state index in [-0.39, 0.29) is 12.2 Å². The lowest BCUT2D eigenvalue weighted by Gasteiger charge is -2.21. The van der Waals surface area contributed by atoms with Crippen molar-refractivity contribution in [3.63, 3.8) is 0 Å². The molecule has 0 unspecified atom stereocenters. The van der Waals surface area contributed by atoms with Gasteiger partial charge in [0.25, 0.3) is 0 Å². The molecule has 0 aromatic carbocycles. The van der Waals surface area contributed by atoms with E-state index in [0.717, 1.165) is 0 Å². The summed E-state index contributed by atoms with van der Waals surface area (Å²) in [6.45, 7) is -0.509. The Labute approximate surface area is 146 Å². The molecule has 140 valence electrons. The van der Waals surface area contributed by atoms with Gasteiger partial charge in [0, 0.05) is 0 Å². The molecule has 2 aromatic heterocycles. The molecule has 3 rings (SSSR count). The van der Waals surface area contributed by atoms with Crippen molar-refractivity contribution in [2.45, 2.75) is 37.4 Å². The van der Waals surface area contributed by atoms with Gasteiger partial charge >= 0.3 is 11.9 Å². The van der Waals surface area contributed by atoms with Crippen LogP contribution in [0, 0.1) is 0 Å². The molecule has 1 aliphatic rings. The molecule has 1 fully saturated rings. The van der Waals surface area contributed by atoms with Gasteiger partial charge in [-0.05, 0) is 0 Å². The molecular formula is C14H17N5O7. The second-order valence-corrected chi connectivity index (χ2v) is 5.67. The number of fused-ring (bicyclic) bond motifs is 1. The highest BCUT2D eigenvalue weighted by molar-refractivity contribution is 5.81. The maximum absolute atomic E-state index is 11.9. The van der Waals surface area contributed by atoms with Gasteiger partial charge in [-0.15, -0.1) is 0 Å². The molecule has 3 heterocycles. The molecule has 2 aromatic rings. The zero-order valence-electron chi connectivity index (χ0n) is 13.4. The Balaban J connectivity index is 1.88. The lowest BCUT2D eigenvalue weighted by Crippen LogP contribution is -2.37. The van der Waals surface area contributed by atoms with Crippen molar-refractivity contribution in [1.29, 1.82) is 0 Å². The minimum absolute atomic E-state index is 0.140. The number of nitrogens with zero attached hydrogens (tertiary/aromatic N) is 4. The van der Waals surface area contributed by atoms with Gasteiger partial charge in [-0.3, -0.25) is 14.2 Å². The minimum Gasteiger partial charge on any atom is -0.481 e. The van der Waals surface area contributed by atoms with Crippen molar-refractivity contribution in [3.8, 4) is 0 Å². The maximum atomic E-state index is 11.9. The summed E-state index contributed by atoms with van der Waals surface area (Å²) in [5.74, 6) is -1.83. The molecule has 0 amide bonds. The number of anilines is 1. The van der Waals surface area contributed by atoms with E-state index >= 15 is 0 Å². The van der Waals surface area contributed by atoms with Crippen LogP contribution in [0.25, 0.3) is 11.2 Å². The number of aliphatic hydroxyl groups is 2. The number of aliphatic hydroxyl groups excluding tert-OH is 2. The van der Waals surface area contributed by atoms with E-state index in [0.29, 0.717) is 11.2 Å². The van der Waals surface area contributed by atoms with Crippen LogP contribution in [-0.2, 0) is 19.1 Å². The number of imidazole rings is 1. The first-order valence-electron chi connectivity index (χ1n) is 7.71. The number of aliphatic carboxylic acids is 1. The summed E-state index contributed by atoms with van der Waals surface area (Å²) < 4.78 is 12.2. The monoisotopic (exact) mass is 367 g/mol. The van der Waals surface area contributed by atoms with Gasteiger partial charge in [-0.2, -0.15) is 0 Å². The zero-order valence-corrected chi connectivity index (χ0v) is 13.4. The Kier molecular flexibility index (Phi) is 4.97. The van der Waals surface area contributed by atoms with E-state index in [2.05, 4.69) is 15.0 Å². The number of aromatic nitrogens is 4. The van der Waals surface area contributed by atoms with E-state index in [1.807, 2.05) is 0 Å². The first-order chi connectivity index (χ1) is 12.4. The molecule has 0 radical (unpaired) electrons. The summed E-state index contributed by atoms with van der Waals surface area (Å²) in [4.78, 5) is 34.4. The number of ether oxygens (including phenoxy) is 2. The van der Waals surface area contributed by atoms with Crippen LogP contribution in [-0.4, -0.2) is 71.7 Å². The van der Waals surface area contributed by atoms with E-state index in [4.69, 9.17) is 20.3 Å². The Morgan fingerprint density at radius 2 is 2.08 bits per heavy atom. The molecule has 12 nitrogen and oxygen atoms in total. The highest BCUT2D eigenvalue weighted by Crippen LogP contribution is 2.34. The fourth-order valence-electron chi connectivity index (χ4n) is 2.70. The first kappa shape index (κ1) is 18.0. The highest BCUT2D eigenvalue weighted by atomic mass is 16.6. The second-order valence-electron chi connectivity index (χ2n) is 5.67. The van der Waals surface area contributed by atoms with Gasteiger partial charge in [0.15, 0.2) is 23.8 Å². The Morgan fingerprint density at radius 1 is 1.31 bits per heavy atom. The smallest absolute Gasteiger partial charge is 0.306 e. The number of nitrogen functional groups attached to an aromatic ring is 1. The van der Waals surface area contributed by atoms with Crippen molar-refractivity contribution >= 4 is 28.9 Å². The predicted molar refractivity (Wildman–Crippen MR) is 83.5 cm³/mol. The summed E-state index contributed by atoms with van der Waals surface area (Å²) >= 11 is 0. The normalized spacial score (nSPS) is 25.5. The Bertz CT molecular complexity index is 825. The number of hydrogen-bond acceptors (Lipinski definition) is 10. The van der Waals surface area contributed by atoms with Crippen LogP contribution in [0.3, 0.4) is 0 Å². The highest BCUT2D eigenvalue weighted by Gasteiger charge is 2.47. The molecule has 1 aliphatic heterocycles. The summed E-state index contributed by atoms with van der Waals surface area (Å²) in [5.41, 5.74) is 6.33. The fourth-order valence-corrected chi connectivity index (χ4v) is 2.70. The second kappa shape index (κ2) is 7.19. The number of nitrogens with two attached hydrogens (primary N) is 1. The predicted octanol–water partition coefficient (Wildman–Crippen LogP) is -1.56. The largest absolute Gasteiger partial charge is 0.481 e. The van der Waals surface area contributed by atoms with Gasteiger partial charge in [-0.25, -0.2) is 15.0 Å². The van der Waals surface area contributed by atoms with Crippen LogP contribution in [0.2, 0.25) is 0 Å². The fraction of sp³-hybridized carbons (Fsp3) is 0.500. The summed E-state index contributed by atoms with van der Waals surface area (Å²) in [7, 11) is 0. The Hall–Kier alpha value is -2.83. The summed E-state index contributed by atoms with van der Waals surface area (Å²) in [6.07, 6.45) is -2.77. The third-order valence-electron chi connectivity index (χ3n) is 3.96. The summed E-state index contributed by atoms with van der Waals surface area (Å²) in [5, 5.41) is 28.3. The van der Waals surface area contributed by atoms with Crippen molar-refractivity contribution in [3.05, 3.63) is 12.7 Å². The van der Waals surface area contributed by atoms with E-state index < -0.39 is 49.5 Å². The van der Waals surface area contributed by atoms with E-state index in [9.17, 15) is 19.8 Å². The topological polar surface area (TPSA) is 183 Å². The molecule has 0 saturated carbocycles. The average molecular weight is 367 g/mol. The molecule has 0 bridgehead atoms. The van der Waals surface area contributed by atoms with Gasteiger partial charge in [0.1, 0.15) is 24.1 Å². The number of carboxylic acids is 1. The molecule has 0 aliphatic carbocycles. The van der Waals surface area contributed by atoms with Crippen molar-refractivity contribution < 1.29 is 34.4 Å². The lowest BCUT2D eigenvalue weighted by molar-refractivity contribution is -0.160. The summed E-state index contributed by atoms with van der Waals surface area (Å²) in [6, 6.07) is 0. The third-order valence-corrected chi connectivity index (χ3v) is 3.96. The molecule has 1 saturated heterocycles. The molecule has 5 N–H and O–H groups in total. The van der Waals surface area contributed by atoms with Crippen molar-refractivity contribution in [2.24, 2.45) is 0 Å². The number of carboxylic acid groups (broad SMARTS) is 1. The quantitative estimate of drug-likeness (QED) is 0.433. The van der Waals surface area contributed by atoms with Crippen molar-refractivity contribution in [1.82, 2.24) is 19.5 Å². The third kappa shape index (κ3) is 3.29. The van der Waals surface area contributed by atoms with Crippen LogP contribution < -0.4 is 5.73 Å². The first-order valence-corrected chi connectivity index (χ1v) is 7.71.